The molecule has 0 spiro atoms. The molecule has 172 valence electrons. The summed E-state index contributed by atoms with van der Waals surface area (Å²) in [6, 6.07) is 20.5. The molecule has 0 amide bonds. The number of aromatic nitrogens is 1. The van der Waals surface area contributed by atoms with Gasteiger partial charge in [-0.1, -0.05) is 48.5 Å². The second-order valence-electron chi connectivity index (χ2n) is 8.27. The normalized spacial score (nSPS) is 16.2. The number of benzene rings is 2. The van der Waals surface area contributed by atoms with Crippen LogP contribution in [-0.2, 0) is 29.1 Å². The maximum atomic E-state index is 13.2. The van der Waals surface area contributed by atoms with Crippen molar-refractivity contribution in [3.05, 3.63) is 95.3 Å². The van der Waals surface area contributed by atoms with Crippen molar-refractivity contribution in [3.8, 4) is 5.75 Å². The van der Waals surface area contributed by atoms with Crippen LogP contribution >= 0.6 is 0 Å². The summed E-state index contributed by atoms with van der Waals surface area (Å²) >= 11 is 0. The Morgan fingerprint density at radius 1 is 1.09 bits per heavy atom. The zero-order valence-electron chi connectivity index (χ0n) is 18.9. The number of aliphatic hydroxyl groups excluding tert-OH is 1. The van der Waals surface area contributed by atoms with E-state index < -0.39 is 12.0 Å². The van der Waals surface area contributed by atoms with Crippen molar-refractivity contribution in [2.75, 3.05) is 13.7 Å². The third kappa shape index (κ3) is 5.59. The number of methoxy groups -OCH3 is 1. The zero-order chi connectivity index (χ0) is 23.0. The van der Waals surface area contributed by atoms with Gasteiger partial charge in [-0.05, 0) is 54.2 Å². The van der Waals surface area contributed by atoms with Gasteiger partial charge in [0.1, 0.15) is 18.4 Å². The quantitative estimate of drug-likeness (QED) is 0.500. The highest BCUT2D eigenvalue weighted by Crippen LogP contribution is 2.35. The highest BCUT2D eigenvalue weighted by atomic mass is 16.5. The van der Waals surface area contributed by atoms with Gasteiger partial charge >= 0.3 is 5.97 Å². The predicted octanol–water partition coefficient (Wildman–Crippen LogP) is 4.07. The number of ether oxygens (including phenoxy) is 2. The van der Waals surface area contributed by atoms with Gasteiger partial charge in [0, 0.05) is 12.7 Å². The van der Waals surface area contributed by atoms with Crippen molar-refractivity contribution >= 4 is 5.97 Å². The lowest BCUT2D eigenvalue weighted by atomic mass is 9.89. The molecule has 6 heteroatoms. The van der Waals surface area contributed by atoms with Crippen molar-refractivity contribution in [3.63, 3.8) is 0 Å². The minimum atomic E-state index is -0.797. The van der Waals surface area contributed by atoms with E-state index in [0.717, 1.165) is 41.8 Å². The maximum absolute atomic E-state index is 13.2. The Labute approximate surface area is 194 Å². The minimum Gasteiger partial charge on any atom is -0.497 e. The van der Waals surface area contributed by atoms with E-state index in [-0.39, 0.29) is 19.3 Å². The zero-order valence-corrected chi connectivity index (χ0v) is 18.9. The summed E-state index contributed by atoms with van der Waals surface area (Å²) in [4.78, 5) is 19.9. The molecule has 0 aliphatic heterocycles. The van der Waals surface area contributed by atoms with Crippen molar-refractivity contribution in [2.24, 2.45) is 0 Å². The molecule has 0 saturated heterocycles. The number of pyridine rings is 1. The number of nitrogens with zero attached hydrogens (tertiary/aromatic N) is 2. The van der Waals surface area contributed by atoms with Gasteiger partial charge in [-0.15, -0.1) is 0 Å². The molecule has 0 fully saturated rings. The van der Waals surface area contributed by atoms with Gasteiger partial charge in [0.05, 0.1) is 25.5 Å². The van der Waals surface area contributed by atoms with E-state index in [0.29, 0.717) is 6.54 Å². The van der Waals surface area contributed by atoms with Crippen LogP contribution in [0.2, 0.25) is 0 Å². The lowest BCUT2D eigenvalue weighted by Gasteiger charge is -2.38. The van der Waals surface area contributed by atoms with E-state index in [9.17, 15) is 9.90 Å². The van der Waals surface area contributed by atoms with Crippen LogP contribution in [0.1, 0.15) is 41.3 Å². The van der Waals surface area contributed by atoms with Crippen LogP contribution < -0.4 is 4.74 Å². The average Bonchev–Trinajstić information content (AvgIpc) is 2.88. The third-order valence-corrected chi connectivity index (χ3v) is 6.16. The lowest BCUT2D eigenvalue weighted by molar-refractivity contribution is -0.155. The van der Waals surface area contributed by atoms with Gasteiger partial charge < -0.3 is 14.6 Å². The average molecular weight is 447 g/mol. The molecule has 4 rings (SSSR count). The van der Waals surface area contributed by atoms with Gasteiger partial charge in [0.15, 0.2) is 0 Å². The van der Waals surface area contributed by atoms with Crippen molar-refractivity contribution in [1.82, 2.24) is 9.88 Å². The van der Waals surface area contributed by atoms with Gasteiger partial charge in [0.25, 0.3) is 0 Å². The molecule has 1 unspecified atom stereocenters. The molecule has 0 saturated carbocycles. The van der Waals surface area contributed by atoms with E-state index in [1.807, 2.05) is 65.6 Å². The van der Waals surface area contributed by atoms with Crippen LogP contribution in [0.3, 0.4) is 0 Å². The molecule has 1 aromatic heterocycles. The Morgan fingerprint density at radius 3 is 2.61 bits per heavy atom. The van der Waals surface area contributed by atoms with Crippen molar-refractivity contribution in [1.29, 1.82) is 0 Å². The molecule has 6 nitrogen and oxygen atoms in total. The number of aliphatic hydroxyl groups is 1. The Kier molecular flexibility index (Phi) is 7.70. The molecule has 3 aromatic rings. The molecule has 1 aliphatic carbocycles. The first kappa shape index (κ1) is 23.0. The highest BCUT2D eigenvalue weighted by Gasteiger charge is 2.36. The van der Waals surface area contributed by atoms with E-state index in [2.05, 4.69) is 11.1 Å². The first-order valence-electron chi connectivity index (χ1n) is 11.3. The number of carbonyl (C=O) groups excluding carboxylic acids is 1. The van der Waals surface area contributed by atoms with Gasteiger partial charge in [-0.3, -0.25) is 14.7 Å². The maximum Gasteiger partial charge on any atom is 0.326 e. The molecule has 1 N–H and O–H groups in total. The first-order valence-corrected chi connectivity index (χ1v) is 11.3. The molecule has 33 heavy (non-hydrogen) atoms. The summed E-state index contributed by atoms with van der Waals surface area (Å²) in [6.45, 7) is 0.324. The van der Waals surface area contributed by atoms with Crippen molar-refractivity contribution < 1.29 is 19.4 Å². The Balaban J connectivity index is 1.61. The second kappa shape index (κ2) is 11.1. The molecule has 2 atom stereocenters. The van der Waals surface area contributed by atoms with Crippen LogP contribution in [0.25, 0.3) is 0 Å². The fourth-order valence-corrected chi connectivity index (χ4v) is 4.43. The largest absolute Gasteiger partial charge is 0.497 e. The lowest BCUT2D eigenvalue weighted by Crippen LogP contribution is -2.47. The number of rotatable bonds is 9. The summed E-state index contributed by atoms with van der Waals surface area (Å²) < 4.78 is 10.9. The van der Waals surface area contributed by atoms with E-state index in [1.54, 1.807) is 13.3 Å². The summed E-state index contributed by atoms with van der Waals surface area (Å²) in [5.41, 5.74) is 4.11. The van der Waals surface area contributed by atoms with Crippen LogP contribution in [0.4, 0.5) is 0 Å². The van der Waals surface area contributed by atoms with Crippen molar-refractivity contribution in [2.45, 2.75) is 44.5 Å². The fourth-order valence-electron chi connectivity index (χ4n) is 4.43. The molecular formula is C27H30N2O4. The Hall–Kier alpha value is -3.22. The predicted molar refractivity (Wildman–Crippen MR) is 126 cm³/mol. The van der Waals surface area contributed by atoms with Gasteiger partial charge in [0.2, 0.25) is 0 Å². The fraction of sp³-hybridized carbons (Fsp3) is 0.333. The van der Waals surface area contributed by atoms with E-state index in [1.165, 1.54) is 5.56 Å². The number of hydrogen-bond donors (Lipinski definition) is 1. The molecule has 0 radical (unpaired) electrons. The Bertz CT molecular complexity index is 1040. The number of carbonyl (C=O) groups is 1. The summed E-state index contributed by atoms with van der Waals surface area (Å²) in [5.74, 6) is 0.342. The number of hydrogen-bond acceptors (Lipinski definition) is 6. The molecular weight excluding hydrogens is 416 g/mol. The van der Waals surface area contributed by atoms with Crippen LogP contribution in [0.5, 0.6) is 5.75 Å². The van der Waals surface area contributed by atoms with Crippen LogP contribution in [0, 0.1) is 0 Å². The standard InChI is InChI=1S/C27H30N2O4/c1-32-23-14-12-20(13-15-23)17-29(24-11-5-9-22-10-6-16-28-26(22)24)25(18-30)27(31)33-19-21-7-3-2-4-8-21/h2-4,6-8,10,12-16,24-25,30H,5,9,11,17-19H2,1H3/t24?,25-/m0/s1. The van der Waals surface area contributed by atoms with Gasteiger partial charge in [-0.25, -0.2) is 0 Å². The topological polar surface area (TPSA) is 71.9 Å². The molecule has 0 bridgehead atoms. The summed E-state index contributed by atoms with van der Waals surface area (Å²) in [6.07, 6.45) is 4.63. The molecule has 1 aliphatic rings. The number of fused-ring (bicyclic) bond motifs is 1. The van der Waals surface area contributed by atoms with E-state index in [4.69, 9.17) is 9.47 Å². The monoisotopic (exact) mass is 446 g/mol. The Morgan fingerprint density at radius 2 is 1.88 bits per heavy atom. The minimum absolute atomic E-state index is 0.0847. The second-order valence-corrected chi connectivity index (χ2v) is 8.27. The van der Waals surface area contributed by atoms with Crippen LogP contribution in [-0.4, -0.2) is 40.7 Å². The van der Waals surface area contributed by atoms with Gasteiger partial charge in [-0.2, -0.15) is 0 Å². The number of esters is 1. The smallest absolute Gasteiger partial charge is 0.326 e. The molecule has 2 aromatic carbocycles. The summed E-state index contributed by atoms with van der Waals surface area (Å²) in [7, 11) is 1.64. The van der Waals surface area contributed by atoms with E-state index >= 15 is 0 Å². The highest BCUT2D eigenvalue weighted by molar-refractivity contribution is 5.76. The first-order chi connectivity index (χ1) is 16.2. The SMILES string of the molecule is COc1ccc(CN(C2CCCc3cccnc32)[C@@H](CO)C(=O)OCc2ccccc2)cc1. The van der Waals surface area contributed by atoms with Crippen LogP contribution in [0.15, 0.2) is 72.9 Å². The third-order valence-electron chi connectivity index (χ3n) is 6.16. The molecule has 1 heterocycles. The summed E-state index contributed by atoms with van der Waals surface area (Å²) in [5, 5.41) is 10.3. The number of aryl methyl sites for hydroxylation is 1.